The molecule has 178 valence electrons. The lowest BCUT2D eigenvalue weighted by molar-refractivity contribution is 0.201. The molecule has 0 atom stereocenters. The van der Waals surface area contributed by atoms with Crippen LogP contribution in [0.25, 0.3) is 5.69 Å². The number of benzene rings is 1. The molecule has 0 saturated heterocycles. The van der Waals surface area contributed by atoms with Gasteiger partial charge >= 0.3 is 6.09 Å². The Bertz CT molecular complexity index is 1290. The van der Waals surface area contributed by atoms with Crippen LogP contribution in [0.15, 0.2) is 41.3 Å². The van der Waals surface area contributed by atoms with E-state index in [4.69, 9.17) is 16.3 Å². The number of pyridine rings is 1. The molecule has 2 heterocycles. The maximum atomic E-state index is 13.4. The molecule has 0 unspecified atom stereocenters. The van der Waals surface area contributed by atoms with E-state index in [2.05, 4.69) is 15.3 Å². The first-order valence-corrected chi connectivity index (χ1v) is 11.3. The van der Waals surface area contributed by atoms with Crippen molar-refractivity contribution in [3.8, 4) is 11.6 Å². The predicted octanol–water partition coefficient (Wildman–Crippen LogP) is 4.93. The van der Waals surface area contributed by atoms with Crippen molar-refractivity contribution in [1.29, 1.82) is 0 Å². The lowest BCUT2D eigenvalue weighted by Crippen LogP contribution is -2.32. The van der Waals surface area contributed by atoms with Crippen LogP contribution in [0.5, 0.6) is 5.88 Å². The average molecular weight is 484 g/mol. The van der Waals surface area contributed by atoms with Gasteiger partial charge < -0.3 is 15.2 Å². The molecule has 0 bridgehead atoms. The second kappa shape index (κ2) is 9.72. The second-order valence-electron chi connectivity index (χ2n) is 8.31. The summed E-state index contributed by atoms with van der Waals surface area (Å²) < 4.78 is 6.57. The zero-order valence-corrected chi connectivity index (χ0v) is 20.0. The van der Waals surface area contributed by atoms with Crippen molar-refractivity contribution in [3.05, 3.63) is 63.3 Å². The van der Waals surface area contributed by atoms with Crippen molar-refractivity contribution in [3.63, 3.8) is 0 Å². The van der Waals surface area contributed by atoms with Crippen LogP contribution in [0.2, 0.25) is 5.15 Å². The SMILES string of the molecule is COc1nc(C)c(Nc2nc(Cl)cn(-c3ccccc3N(CCC3CC3)C(=O)O)c2=O)cc1C. The molecule has 3 aromatic rings. The van der Waals surface area contributed by atoms with Crippen LogP contribution in [-0.2, 0) is 0 Å². The predicted molar refractivity (Wildman–Crippen MR) is 131 cm³/mol. The molecule has 0 spiro atoms. The Morgan fingerprint density at radius 1 is 1.29 bits per heavy atom. The highest BCUT2D eigenvalue weighted by atomic mass is 35.5. The first kappa shape index (κ1) is 23.6. The lowest BCUT2D eigenvalue weighted by Gasteiger charge is -2.23. The van der Waals surface area contributed by atoms with Crippen LogP contribution in [0.1, 0.15) is 30.5 Å². The molecule has 1 amide bonds. The molecule has 34 heavy (non-hydrogen) atoms. The molecule has 2 N–H and O–H groups in total. The van der Waals surface area contributed by atoms with Gasteiger partial charge in [-0.1, -0.05) is 36.6 Å². The molecule has 1 aromatic carbocycles. The Morgan fingerprint density at radius 3 is 2.71 bits per heavy atom. The van der Waals surface area contributed by atoms with Crippen molar-refractivity contribution in [1.82, 2.24) is 14.5 Å². The topological polar surface area (TPSA) is 110 Å². The van der Waals surface area contributed by atoms with E-state index in [0.29, 0.717) is 41.1 Å². The number of ether oxygens (including phenoxy) is 1. The van der Waals surface area contributed by atoms with Gasteiger partial charge in [-0.3, -0.25) is 14.3 Å². The Morgan fingerprint density at radius 2 is 2.03 bits per heavy atom. The third-order valence-corrected chi connectivity index (χ3v) is 5.98. The van der Waals surface area contributed by atoms with Crippen LogP contribution < -0.4 is 20.5 Å². The maximum absolute atomic E-state index is 13.4. The molecule has 0 aliphatic heterocycles. The summed E-state index contributed by atoms with van der Waals surface area (Å²) in [5.41, 5.74) is 2.32. The molecule has 1 fully saturated rings. The summed E-state index contributed by atoms with van der Waals surface area (Å²) in [7, 11) is 1.54. The largest absolute Gasteiger partial charge is 0.481 e. The van der Waals surface area contributed by atoms with Crippen LogP contribution in [0, 0.1) is 19.8 Å². The third kappa shape index (κ3) is 4.99. The van der Waals surface area contributed by atoms with Gasteiger partial charge in [-0.15, -0.1) is 0 Å². The van der Waals surface area contributed by atoms with E-state index >= 15 is 0 Å². The van der Waals surface area contributed by atoms with E-state index in [9.17, 15) is 14.7 Å². The average Bonchev–Trinajstić information content (AvgIpc) is 3.63. The number of hydrogen-bond acceptors (Lipinski definition) is 6. The molecule has 9 nitrogen and oxygen atoms in total. The van der Waals surface area contributed by atoms with E-state index in [1.54, 1.807) is 38.3 Å². The summed E-state index contributed by atoms with van der Waals surface area (Å²) in [5, 5.41) is 13.0. The van der Waals surface area contributed by atoms with Gasteiger partial charge in [0.1, 0.15) is 5.15 Å². The maximum Gasteiger partial charge on any atom is 0.411 e. The van der Waals surface area contributed by atoms with E-state index in [0.717, 1.165) is 24.8 Å². The van der Waals surface area contributed by atoms with Crippen molar-refractivity contribution in [2.24, 2.45) is 5.92 Å². The molecule has 1 aliphatic rings. The highest BCUT2D eigenvalue weighted by Crippen LogP contribution is 2.34. The van der Waals surface area contributed by atoms with Crippen molar-refractivity contribution >= 4 is 34.9 Å². The van der Waals surface area contributed by atoms with Crippen LogP contribution in [-0.4, -0.2) is 39.4 Å². The number of aryl methyl sites for hydroxylation is 2. The van der Waals surface area contributed by atoms with Gasteiger partial charge in [-0.2, -0.15) is 0 Å². The lowest BCUT2D eigenvalue weighted by atomic mass is 10.2. The summed E-state index contributed by atoms with van der Waals surface area (Å²) in [6.07, 6.45) is 3.35. The van der Waals surface area contributed by atoms with Gasteiger partial charge in [0.05, 0.1) is 36.1 Å². The third-order valence-electron chi connectivity index (χ3n) is 5.80. The van der Waals surface area contributed by atoms with E-state index < -0.39 is 11.7 Å². The normalized spacial score (nSPS) is 12.9. The number of halogens is 1. The summed E-state index contributed by atoms with van der Waals surface area (Å²) in [5.74, 6) is 1.05. The Kier molecular flexibility index (Phi) is 6.74. The van der Waals surface area contributed by atoms with Gasteiger partial charge in [-0.25, -0.2) is 14.8 Å². The van der Waals surface area contributed by atoms with E-state index in [-0.39, 0.29) is 11.0 Å². The fourth-order valence-corrected chi connectivity index (χ4v) is 3.98. The molecule has 10 heteroatoms. The highest BCUT2D eigenvalue weighted by Gasteiger charge is 2.26. The van der Waals surface area contributed by atoms with Gasteiger partial charge in [0.2, 0.25) is 5.88 Å². The number of hydrogen-bond donors (Lipinski definition) is 2. The summed E-state index contributed by atoms with van der Waals surface area (Å²) in [6.45, 7) is 3.98. The monoisotopic (exact) mass is 483 g/mol. The second-order valence-corrected chi connectivity index (χ2v) is 8.70. The molecule has 1 saturated carbocycles. The molecular formula is C24H26ClN5O4. The van der Waals surface area contributed by atoms with E-state index in [1.165, 1.54) is 15.7 Å². The minimum atomic E-state index is -1.07. The molecule has 4 rings (SSSR count). The van der Waals surface area contributed by atoms with Crippen molar-refractivity contribution in [2.45, 2.75) is 33.1 Å². The van der Waals surface area contributed by atoms with Gasteiger partial charge in [-0.05, 0) is 44.4 Å². The minimum absolute atomic E-state index is 0.00312. The van der Waals surface area contributed by atoms with E-state index in [1.807, 2.05) is 13.0 Å². The molecule has 2 aromatic heterocycles. The molecular weight excluding hydrogens is 458 g/mol. The Balaban J connectivity index is 1.75. The first-order chi connectivity index (χ1) is 16.3. The number of rotatable bonds is 8. The summed E-state index contributed by atoms with van der Waals surface area (Å²) in [6, 6.07) is 8.67. The fraction of sp³-hybridized carbons (Fsp3) is 0.333. The number of carboxylic acid groups (broad SMARTS) is 1. The number of nitrogens with one attached hydrogen (secondary N) is 1. The Labute approximate surface area is 202 Å². The number of para-hydroxylation sites is 2. The Hall–Kier alpha value is -3.59. The van der Waals surface area contributed by atoms with Crippen molar-refractivity contribution < 1.29 is 14.6 Å². The smallest absolute Gasteiger partial charge is 0.411 e. The number of aromatic nitrogens is 3. The van der Waals surface area contributed by atoms with Gasteiger partial charge in [0.25, 0.3) is 5.56 Å². The highest BCUT2D eigenvalue weighted by molar-refractivity contribution is 6.29. The summed E-state index contributed by atoms with van der Waals surface area (Å²) >= 11 is 6.29. The standard InChI is InChI=1S/C24H26ClN5O4/c1-14-12-17(15(2)26-22(14)34-3)27-21-23(31)30(13-20(25)28-21)19-7-5-4-6-18(19)29(24(32)33)11-10-16-8-9-16/h4-7,12-13,16H,8-11H2,1-3H3,(H,27,28)(H,32,33). The number of methoxy groups -OCH3 is 1. The minimum Gasteiger partial charge on any atom is -0.481 e. The first-order valence-electron chi connectivity index (χ1n) is 11.0. The fourth-order valence-electron chi connectivity index (χ4n) is 3.80. The zero-order valence-electron chi connectivity index (χ0n) is 19.2. The number of carbonyl (C=O) groups is 1. The van der Waals surface area contributed by atoms with Crippen LogP contribution in [0.3, 0.4) is 0 Å². The zero-order chi connectivity index (χ0) is 24.4. The molecule has 1 aliphatic carbocycles. The van der Waals surface area contributed by atoms with Gasteiger partial charge in [0, 0.05) is 12.1 Å². The summed E-state index contributed by atoms with van der Waals surface area (Å²) in [4.78, 5) is 35.4. The van der Waals surface area contributed by atoms with Crippen LogP contribution in [0.4, 0.5) is 22.0 Å². The van der Waals surface area contributed by atoms with Crippen molar-refractivity contribution in [2.75, 3.05) is 23.9 Å². The molecule has 0 radical (unpaired) electrons. The number of amides is 1. The quantitative estimate of drug-likeness (QED) is 0.467. The number of nitrogens with zero attached hydrogens (tertiary/aromatic N) is 4. The van der Waals surface area contributed by atoms with Crippen LogP contribution >= 0.6 is 11.6 Å². The number of anilines is 3. The van der Waals surface area contributed by atoms with Gasteiger partial charge in [0.15, 0.2) is 5.82 Å².